The van der Waals surface area contributed by atoms with Crippen LogP contribution < -0.4 is 24.8 Å². The molecule has 0 N–H and O–H groups in total. The first-order valence-electron chi connectivity index (χ1n) is 11.0. The second-order valence-electron chi connectivity index (χ2n) is 8.80. The van der Waals surface area contributed by atoms with Crippen LogP contribution in [-0.2, 0) is 51.9 Å². The molecule has 6 aromatic carbocycles. The van der Waals surface area contributed by atoms with E-state index in [1.54, 1.807) is 22.3 Å². The van der Waals surface area contributed by atoms with Crippen molar-refractivity contribution in [2.45, 2.75) is 25.7 Å². The van der Waals surface area contributed by atoms with Crippen molar-refractivity contribution in [3.05, 3.63) is 107 Å². The van der Waals surface area contributed by atoms with Gasteiger partial charge in [0, 0.05) is 0 Å². The van der Waals surface area contributed by atoms with Gasteiger partial charge < -0.3 is 24.8 Å². The molecule has 0 fully saturated rings. The number of rotatable bonds is 0. The molecule has 0 aliphatic heterocycles. The maximum absolute atomic E-state index is 2.46. The van der Waals surface area contributed by atoms with Gasteiger partial charge in [0.05, 0.1) is 0 Å². The van der Waals surface area contributed by atoms with Crippen LogP contribution in [0.4, 0.5) is 0 Å². The van der Waals surface area contributed by atoms with Crippen molar-refractivity contribution in [2.24, 2.45) is 0 Å². The van der Waals surface area contributed by atoms with E-state index in [9.17, 15) is 0 Å². The van der Waals surface area contributed by atoms with Crippen LogP contribution in [0.1, 0.15) is 22.3 Å². The minimum absolute atomic E-state index is 0. The standard InChI is InChI=1S/C30H22.2ClH.Zr/c1-3-7-25-19(5-1)9-11-23-17-21-14-16-28-22(13-15-27(21)29(23)25)18-24-12-10-20-6-2-4-8-26(20)30(24)28;;;/h1-12,17-18H,13-16H2;2*1H;/q-2;;;+4/p-2. The summed E-state index contributed by atoms with van der Waals surface area (Å²) in [4.78, 5) is 0. The van der Waals surface area contributed by atoms with Gasteiger partial charge in [0.1, 0.15) is 0 Å². The van der Waals surface area contributed by atoms with Crippen molar-refractivity contribution >= 4 is 43.1 Å². The van der Waals surface area contributed by atoms with Crippen LogP contribution in [0.25, 0.3) is 43.1 Å². The van der Waals surface area contributed by atoms with E-state index in [-0.39, 0.29) is 51.0 Å². The molecular formula is C30H22Cl2Zr. The third-order valence-corrected chi connectivity index (χ3v) is 7.25. The largest absolute Gasteiger partial charge is 4.00 e. The van der Waals surface area contributed by atoms with Crippen molar-refractivity contribution in [1.29, 1.82) is 0 Å². The quantitative estimate of drug-likeness (QED) is 0.255. The first-order chi connectivity index (χ1) is 14.9. The van der Waals surface area contributed by atoms with Gasteiger partial charge in [-0.15, -0.1) is 68.1 Å². The van der Waals surface area contributed by atoms with Gasteiger partial charge in [-0.2, -0.15) is 0 Å². The average Bonchev–Trinajstić information content (AvgIpc) is 3.31. The summed E-state index contributed by atoms with van der Waals surface area (Å²) in [6.45, 7) is 0. The minimum Gasteiger partial charge on any atom is -1.00 e. The molecule has 6 aromatic rings. The van der Waals surface area contributed by atoms with E-state index in [4.69, 9.17) is 0 Å². The molecule has 160 valence electrons. The Kier molecular flexibility index (Phi) is 6.88. The fraction of sp³-hybridized carbons (Fsp3) is 0.133. The van der Waals surface area contributed by atoms with E-state index < -0.39 is 0 Å². The molecular weight excluding hydrogens is 522 g/mol. The van der Waals surface area contributed by atoms with Crippen LogP contribution in [0, 0.1) is 0 Å². The van der Waals surface area contributed by atoms with Crippen LogP contribution >= 0.6 is 0 Å². The van der Waals surface area contributed by atoms with E-state index in [2.05, 4.69) is 84.9 Å². The zero-order valence-electron chi connectivity index (χ0n) is 18.2. The Morgan fingerprint density at radius 1 is 0.485 bits per heavy atom. The average molecular weight is 545 g/mol. The summed E-state index contributed by atoms with van der Waals surface area (Å²) in [6.07, 6.45) is 4.53. The Morgan fingerprint density at radius 3 is 1.36 bits per heavy atom. The molecule has 1 aliphatic rings. The molecule has 0 nitrogen and oxygen atoms in total. The topological polar surface area (TPSA) is 0 Å². The predicted octanol–water partition coefficient (Wildman–Crippen LogP) is 1.63. The Labute approximate surface area is 225 Å². The van der Waals surface area contributed by atoms with Crippen molar-refractivity contribution in [1.82, 2.24) is 0 Å². The molecule has 0 saturated carbocycles. The Morgan fingerprint density at radius 2 is 0.909 bits per heavy atom. The fourth-order valence-electron chi connectivity index (χ4n) is 5.90. The predicted molar refractivity (Wildman–Crippen MR) is 129 cm³/mol. The molecule has 0 heterocycles. The van der Waals surface area contributed by atoms with Crippen molar-refractivity contribution in [2.75, 3.05) is 0 Å². The Bertz CT molecular complexity index is 1480. The molecule has 7 rings (SSSR count). The van der Waals surface area contributed by atoms with Crippen LogP contribution in [0.2, 0.25) is 0 Å². The van der Waals surface area contributed by atoms with Crippen LogP contribution in [0.5, 0.6) is 0 Å². The van der Waals surface area contributed by atoms with Crippen LogP contribution in [0.3, 0.4) is 0 Å². The third kappa shape index (κ3) is 3.70. The van der Waals surface area contributed by atoms with Gasteiger partial charge in [-0.25, -0.2) is 0 Å². The molecule has 1 aliphatic carbocycles. The van der Waals surface area contributed by atoms with E-state index in [1.165, 1.54) is 43.1 Å². The number of fused-ring (bicyclic) bond motifs is 10. The van der Waals surface area contributed by atoms with E-state index in [0.29, 0.717) is 0 Å². The van der Waals surface area contributed by atoms with Gasteiger partial charge in [0.2, 0.25) is 0 Å². The summed E-state index contributed by atoms with van der Waals surface area (Å²) in [5, 5.41) is 11.3. The Balaban J connectivity index is 0.000000864. The van der Waals surface area contributed by atoms with Crippen LogP contribution in [-0.4, -0.2) is 0 Å². The smallest absolute Gasteiger partial charge is 1.00 e. The summed E-state index contributed by atoms with van der Waals surface area (Å²) in [7, 11) is 0. The molecule has 0 unspecified atom stereocenters. The normalized spacial score (nSPS) is 12.8. The SMILES string of the molecule is [Cl-].[Cl-].[Zr+4].c1ccc2c(c1)ccc1[cH-]c3c(c12)CCc1[cH-]c2ccc4ccccc4c2c1CC3. The zero-order chi connectivity index (χ0) is 19.7. The summed E-state index contributed by atoms with van der Waals surface area (Å²) >= 11 is 0. The second kappa shape index (κ2) is 9.38. The van der Waals surface area contributed by atoms with Gasteiger partial charge in [-0.1, -0.05) is 97.1 Å². The van der Waals surface area contributed by atoms with E-state index in [1.807, 2.05) is 0 Å². The summed E-state index contributed by atoms with van der Waals surface area (Å²) in [5.41, 5.74) is 6.29. The molecule has 0 amide bonds. The summed E-state index contributed by atoms with van der Waals surface area (Å²) < 4.78 is 0. The zero-order valence-corrected chi connectivity index (χ0v) is 22.1. The summed E-state index contributed by atoms with van der Waals surface area (Å²) in [6, 6.07) is 31.8. The molecule has 0 aromatic heterocycles. The van der Waals surface area contributed by atoms with Crippen molar-refractivity contribution < 1.29 is 51.0 Å². The number of halogens is 2. The molecule has 0 radical (unpaired) electrons. The number of hydrogen-bond acceptors (Lipinski definition) is 0. The first kappa shape index (κ1) is 24.2. The van der Waals surface area contributed by atoms with Gasteiger partial charge >= 0.3 is 26.2 Å². The minimum atomic E-state index is 0. The third-order valence-electron chi connectivity index (χ3n) is 7.25. The molecule has 0 atom stereocenters. The Hall–Kier alpha value is -1.92. The van der Waals surface area contributed by atoms with Gasteiger partial charge in [0.15, 0.2) is 0 Å². The van der Waals surface area contributed by atoms with Crippen molar-refractivity contribution in [3.63, 3.8) is 0 Å². The molecule has 0 bridgehead atoms. The fourth-order valence-corrected chi connectivity index (χ4v) is 5.90. The molecule has 0 spiro atoms. The number of benzene rings is 4. The number of aryl methyl sites for hydroxylation is 4. The van der Waals surface area contributed by atoms with Gasteiger partial charge in [0.25, 0.3) is 0 Å². The van der Waals surface area contributed by atoms with Gasteiger partial charge in [-0.05, 0) is 10.8 Å². The second-order valence-corrected chi connectivity index (χ2v) is 8.80. The van der Waals surface area contributed by atoms with Crippen molar-refractivity contribution in [3.8, 4) is 0 Å². The van der Waals surface area contributed by atoms with Crippen LogP contribution in [0.15, 0.2) is 84.9 Å². The molecule has 33 heavy (non-hydrogen) atoms. The maximum Gasteiger partial charge on any atom is 4.00 e. The first-order valence-corrected chi connectivity index (χ1v) is 11.0. The summed E-state index contributed by atoms with van der Waals surface area (Å²) in [5.74, 6) is 0. The van der Waals surface area contributed by atoms with Gasteiger partial charge in [-0.3, -0.25) is 0 Å². The molecule has 0 saturated heterocycles. The number of hydrogen-bond donors (Lipinski definition) is 0. The molecule has 3 heteroatoms. The monoisotopic (exact) mass is 542 g/mol. The maximum atomic E-state index is 2.46. The van der Waals surface area contributed by atoms with E-state index >= 15 is 0 Å². The van der Waals surface area contributed by atoms with E-state index in [0.717, 1.165) is 25.7 Å².